The van der Waals surface area contributed by atoms with E-state index in [0.717, 1.165) is 31.7 Å². The number of amidine groups is 1. The van der Waals surface area contributed by atoms with Crippen LogP contribution in [0.25, 0.3) is 0 Å². The van der Waals surface area contributed by atoms with Crippen LogP contribution in [0, 0.1) is 11.8 Å². The molecule has 1 heterocycles. The van der Waals surface area contributed by atoms with E-state index in [9.17, 15) is 0 Å². The zero-order valence-electron chi connectivity index (χ0n) is 13.6. The van der Waals surface area contributed by atoms with Crippen LogP contribution in [0.4, 0.5) is 5.82 Å². The second-order valence-electron chi connectivity index (χ2n) is 6.24. The van der Waals surface area contributed by atoms with Crippen molar-refractivity contribution in [3.8, 4) is 0 Å². The van der Waals surface area contributed by atoms with Crippen molar-refractivity contribution in [2.24, 2.45) is 22.7 Å². The van der Waals surface area contributed by atoms with Gasteiger partial charge in [-0.05, 0) is 36.8 Å². The SMILES string of the molecule is CC(C)CCN(CCC(C)C)c1ccc(/C(N)=N/O)cn1. The maximum absolute atomic E-state index is 8.68. The van der Waals surface area contributed by atoms with Crippen molar-refractivity contribution in [2.75, 3.05) is 18.0 Å². The minimum atomic E-state index is 0.0879. The first-order valence-electron chi connectivity index (χ1n) is 7.63. The normalized spacial score (nSPS) is 12.2. The lowest BCUT2D eigenvalue weighted by atomic mass is 10.1. The van der Waals surface area contributed by atoms with E-state index in [0.29, 0.717) is 17.4 Å². The average Bonchev–Trinajstić information content (AvgIpc) is 2.46. The van der Waals surface area contributed by atoms with Gasteiger partial charge in [0.15, 0.2) is 5.84 Å². The molecule has 0 bridgehead atoms. The zero-order valence-corrected chi connectivity index (χ0v) is 13.6. The Kier molecular flexibility index (Phi) is 6.99. The third-order valence-corrected chi connectivity index (χ3v) is 3.43. The summed E-state index contributed by atoms with van der Waals surface area (Å²) in [6, 6.07) is 3.78. The molecule has 0 saturated carbocycles. The van der Waals surface area contributed by atoms with E-state index >= 15 is 0 Å². The molecule has 0 saturated heterocycles. The van der Waals surface area contributed by atoms with Gasteiger partial charge in [0.2, 0.25) is 0 Å². The van der Waals surface area contributed by atoms with Gasteiger partial charge in [0.1, 0.15) is 5.82 Å². The van der Waals surface area contributed by atoms with Gasteiger partial charge in [0, 0.05) is 24.8 Å². The number of hydrogen-bond donors (Lipinski definition) is 2. The zero-order chi connectivity index (χ0) is 15.8. The van der Waals surface area contributed by atoms with Crippen LogP contribution in [0.3, 0.4) is 0 Å². The largest absolute Gasteiger partial charge is 0.409 e. The van der Waals surface area contributed by atoms with Crippen LogP contribution in [-0.4, -0.2) is 29.1 Å². The first kappa shape index (κ1) is 17.3. The first-order valence-corrected chi connectivity index (χ1v) is 7.63. The van der Waals surface area contributed by atoms with Gasteiger partial charge in [-0.25, -0.2) is 4.98 Å². The number of rotatable bonds is 8. The highest BCUT2D eigenvalue weighted by molar-refractivity contribution is 5.96. The Bertz CT molecular complexity index is 428. The third-order valence-electron chi connectivity index (χ3n) is 3.43. The van der Waals surface area contributed by atoms with Crippen molar-refractivity contribution in [1.29, 1.82) is 0 Å². The van der Waals surface area contributed by atoms with Crippen LogP contribution < -0.4 is 10.6 Å². The van der Waals surface area contributed by atoms with E-state index < -0.39 is 0 Å². The maximum Gasteiger partial charge on any atom is 0.171 e. The number of aromatic nitrogens is 1. The van der Waals surface area contributed by atoms with Gasteiger partial charge in [-0.3, -0.25) is 0 Å². The molecule has 0 aromatic carbocycles. The van der Waals surface area contributed by atoms with E-state index in [2.05, 4.69) is 42.7 Å². The maximum atomic E-state index is 8.68. The topological polar surface area (TPSA) is 74.7 Å². The van der Waals surface area contributed by atoms with Gasteiger partial charge >= 0.3 is 0 Å². The van der Waals surface area contributed by atoms with Crippen molar-refractivity contribution >= 4 is 11.7 Å². The summed E-state index contributed by atoms with van der Waals surface area (Å²) in [4.78, 5) is 6.77. The molecule has 0 fully saturated rings. The van der Waals surface area contributed by atoms with E-state index in [4.69, 9.17) is 10.9 Å². The molecule has 1 aromatic heterocycles. The highest BCUT2D eigenvalue weighted by Crippen LogP contribution is 2.15. The Morgan fingerprint density at radius 2 is 1.76 bits per heavy atom. The van der Waals surface area contributed by atoms with Gasteiger partial charge in [-0.15, -0.1) is 0 Å². The summed E-state index contributed by atoms with van der Waals surface area (Å²) in [5.41, 5.74) is 6.20. The molecule has 0 aliphatic carbocycles. The van der Waals surface area contributed by atoms with Crippen LogP contribution in [0.1, 0.15) is 46.1 Å². The number of anilines is 1. The average molecular weight is 292 g/mol. The molecule has 0 unspecified atom stereocenters. The fourth-order valence-corrected chi connectivity index (χ4v) is 1.95. The summed E-state index contributed by atoms with van der Waals surface area (Å²) in [5.74, 6) is 2.38. The highest BCUT2D eigenvalue weighted by atomic mass is 16.4. The molecule has 118 valence electrons. The Labute approximate surface area is 127 Å². The molecule has 5 heteroatoms. The standard InChI is InChI=1S/C16H28N4O/c1-12(2)7-9-20(10-8-13(3)4)15-6-5-14(11-18-15)16(17)19-21/h5-6,11-13,21H,7-10H2,1-4H3,(H2,17,19). The molecule has 0 aliphatic heterocycles. The lowest BCUT2D eigenvalue weighted by molar-refractivity contribution is 0.318. The van der Waals surface area contributed by atoms with Gasteiger partial charge < -0.3 is 15.8 Å². The lowest BCUT2D eigenvalue weighted by Gasteiger charge is -2.25. The van der Waals surface area contributed by atoms with E-state index in [1.807, 2.05) is 12.1 Å². The number of oxime groups is 1. The molecule has 0 atom stereocenters. The Morgan fingerprint density at radius 3 is 2.14 bits per heavy atom. The Morgan fingerprint density at radius 1 is 1.19 bits per heavy atom. The molecule has 3 N–H and O–H groups in total. The second kappa shape index (κ2) is 8.49. The number of nitrogens with two attached hydrogens (primary N) is 1. The van der Waals surface area contributed by atoms with Crippen molar-refractivity contribution in [1.82, 2.24) is 4.98 Å². The van der Waals surface area contributed by atoms with Gasteiger partial charge in [-0.2, -0.15) is 0 Å². The third kappa shape index (κ3) is 6.02. The van der Waals surface area contributed by atoms with Crippen LogP contribution >= 0.6 is 0 Å². The number of nitrogens with zero attached hydrogens (tertiary/aromatic N) is 3. The minimum Gasteiger partial charge on any atom is -0.409 e. The van der Waals surface area contributed by atoms with E-state index in [-0.39, 0.29) is 5.84 Å². The molecule has 0 spiro atoms. The fraction of sp³-hybridized carbons (Fsp3) is 0.625. The van der Waals surface area contributed by atoms with Crippen molar-refractivity contribution in [3.63, 3.8) is 0 Å². The van der Waals surface area contributed by atoms with Crippen LogP contribution in [-0.2, 0) is 0 Å². The summed E-state index contributed by atoms with van der Waals surface area (Å²) in [6.45, 7) is 10.9. The molecule has 21 heavy (non-hydrogen) atoms. The highest BCUT2D eigenvalue weighted by Gasteiger charge is 2.10. The monoisotopic (exact) mass is 292 g/mol. The summed E-state index contributed by atoms with van der Waals surface area (Å²) < 4.78 is 0. The summed E-state index contributed by atoms with van der Waals surface area (Å²) in [6.07, 6.45) is 3.94. The van der Waals surface area contributed by atoms with Crippen LogP contribution in [0.2, 0.25) is 0 Å². The van der Waals surface area contributed by atoms with Gasteiger partial charge in [-0.1, -0.05) is 32.9 Å². The van der Waals surface area contributed by atoms with Crippen molar-refractivity contribution in [2.45, 2.75) is 40.5 Å². The van der Waals surface area contributed by atoms with Crippen LogP contribution in [0.15, 0.2) is 23.5 Å². The fourth-order valence-electron chi connectivity index (χ4n) is 1.95. The predicted molar refractivity (Wildman–Crippen MR) is 87.9 cm³/mol. The quantitative estimate of drug-likeness (QED) is 0.334. The summed E-state index contributed by atoms with van der Waals surface area (Å²) in [7, 11) is 0. The van der Waals surface area contributed by atoms with Gasteiger partial charge in [0.25, 0.3) is 0 Å². The van der Waals surface area contributed by atoms with Crippen LogP contribution in [0.5, 0.6) is 0 Å². The summed E-state index contributed by atoms with van der Waals surface area (Å²) >= 11 is 0. The van der Waals surface area contributed by atoms with Gasteiger partial charge in [0.05, 0.1) is 0 Å². The Balaban J connectivity index is 2.80. The first-order chi connectivity index (χ1) is 9.93. The van der Waals surface area contributed by atoms with Crippen molar-refractivity contribution < 1.29 is 5.21 Å². The Hall–Kier alpha value is -1.78. The molecular weight excluding hydrogens is 264 g/mol. The molecule has 1 rings (SSSR count). The molecule has 0 aliphatic rings. The molecule has 0 amide bonds. The summed E-state index contributed by atoms with van der Waals surface area (Å²) in [5, 5.41) is 11.7. The van der Waals surface area contributed by atoms with E-state index in [1.54, 1.807) is 6.20 Å². The number of pyridine rings is 1. The second-order valence-corrected chi connectivity index (χ2v) is 6.24. The molecule has 0 radical (unpaired) electrons. The van der Waals surface area contributed by atoms with E-state index in [1.165, 1.54) is 0 Å². The molecule has 1 aromatic rings. The molecule has 5 nitrogen and oxygen atoms in total. The van der Waals surface area contributed by atoms with Crippen molar-refractivity contribution in [3.05, 3.63) is 23.9 Å². The minimum absolute atomic E-state index is 0.0879. The number of hydrogen-bond acceptors (Lipinski definition) is 4. The molecular formula is C16H28N4O. The smallest absolute Gasteiger partial charge is 0.171 e. The predicted octanol–water partition coefficient (Wildman–Crippen LogP) is 3.07. The lowest BCUT2D eigenvalue weighted by Crippen LogP contribution is -2.28.